The van der Waals surface area contributed by atoms with E-state index in [0.717, 1.165) is 39.3 Å². The van der Waals surface area contributed by atoms with E-state index in [1.165, 1.54) is 0 Å². The minimum absolute atomic E-state index is 0.125. The van der Waals surface area contributed by atoms with E-state index in [9.17, 15) is 4.79 Å². The van der Waals surface area contributed by atoms with Crippen molar-refractivity contribution in [1.82, 2.24) is 5.32 Å². The molecule has 2 rings (SSSR count). The summed E-state index contributed by atoms with van der Waals surface area (Å²) in [5.41, 5.74) is 5.56. The molecular weight excluding hydrogens is 374 g/mol. The molecular formula is C26H37NO3. The summed E-state index contributed by atoms with van der Waals surface area (Å²) >= 11 is 0. The molecule has 0 aliphatic carbocycles. The molecule has 0 aromatic heterocycles. The standard InChI is InChI=1S/C26H37NO3/c1-15(2)21-11-10-17(5)12-25(21)30-20(8)26(28)27-19(7)23-14-22(16(3)4)24(29-9)13-18(23)6/h10-16,19-20H,1-9H3,(H,27,28)/t19-,20-/m0/s1. The fourth-order valence-corrected chi connectivity index (χ4v) is 3.68. The van der Waals surface area contributed by atoms with Gasteiger partial charge in [-0.25, -0.2) is 0 Å². The van der Waals surface area contributed by atoms with Gasteiger partial charge in [0, 0.05) is 0 Å². The van der Waals surface area contributed by atoms with Crippen molar-refractivity contribution in [2.24, 2.45) is 0 Å². The zero-order valence-electron chi connectivity index (χ0n) is 19.9. The molecule has 0 fully saturated rings. The molecule has 0 aliphatic rings. The third-order valence-electron chi connectivity index (χ3n) is 5.53. The molecule has 0 heterocycles. The Hall–Kier alpha value is -2.49. The highest BCUT2D eigenvalue weighted by Crippen LogP contribution is 2.32. The van der Waals surface area contributed by atoms with Crippen molar-refractivity contribution in [3.8, 4) is 11.5 Å². The third kappa shape index (κ3) is 5.56. The lowest BCUT2D eigenvalue weighted by Gasteiger charge is -2.23. The quantitative estimate of drug-likeness (QED) is 0.562. The lowest BCUT2D eigenvalue weighted by molar-refractivity contribution is -0.127. The number of benzene rings is 2. The van der Waals surface area contributed by atoms with Gasteiger partial charge in [0.2, 0.25) is 0 Å². The molecule has 1 amide bonds. The van der Waals surface area contributed by atoms with Crippen LogP contribution in [0.15, 0.2) is 30.3 Å². The van der Waals surface area contributed by atoms with Crippen LogP contribution in [0.1, 0.15) is 87.2 Å². The number of carbonyl (C=O) groups is 1. The summed E-state index contributed by atoms with van der Waals surface area (Å²) in [4.78, 5) is 12.9. The Morgan fingerprint density at radius 1 is 0.833 bits per heavy atom. The van der Waals surface area contributed by atoms with Crippen molar-refractivity contribution in [1.29, 1.82) is 0 Å². The van der Waals surface area contributed by atoms with Crippen LogP contribution in [-0.4, -0.2) is 19.1 Å². The number of nitrogens with one attached hydrogen (secondary N) is 1. The number of carbonyl (C=O) groups excluding carboxylic acids is 1. The molecule has 164 valence electrons. The van der Waals surface area contributed by atoms with E-state index in [1.807, 2.05) is 26.8 Å². The Labute approximate surface area is 182 Å². The van der Waals surface area contributed by atoms with Crippen molar-refractivity contribution in [3.05, 3.63) is 58.1 Å². The molecule has 0 unspecified atom stereocenters. The Balaban J connectivity index is 2.18. The fourth-order valence-electron chi connectivity index (χ4n) is 3.68. The number of ether oxygens (including phenoxy) is 2. The number of amides is 1. The molecule has 0 saturated carbocycles. The van der Waals surface area contributed by atoms with Crippen LogP contribution in [0.25, 0.3) is 0 Å². The van der Waals surface area contributed by atoms with Crippen molar-refractivity contribution in [2.45, 2.75) is 79.4 Å². The Bertz CT molecular complexity index is 886. The molecule has 0 aliphatic heterocycles. The molecule has 2 aromatic rings. The first-order valence-electron chi connectivity index (χ1n) is 10.8. The molecule has 30 heavy (non-hydrogen) atoms. The monoisotopic (exact) mass is 411 g/mol. The van der Waals surface area contributed by atoms with Crippen molar-refractivity contribution < 1.29 is 14.3 Å². The summed E-state index contributed by atoms with van der Waals surface area (Å²) < 4.78 is 11.6. The van der Waals surface area contributed by atoms with Crippen LogP contribution >= 0.6 is 0 Å². The maximum Gasteiger partial charge on any atom is 0.261 e. The predicted molar refractivity (Wildman–Crippen MR) is 124 cm³/mol. The van der Waals surface area contributed by atoms with Crippen LogP contribution in [0.5, 0.6) is 11.5 Å². The van der Waals surface area contributed by atoms with Crippen molar-refractivity contribution in [3.63, 3.8) is 0 Å². The lowest BCUT2D eigenvalue weighted by Crippen LogP contribution is -2.38. The van der Waals surface area contributed by atoms with Gasteiger partial charge in [-0.1, -0.05) is 39.8 Å². The van der Waals surface area contributed by atoms with Crippen LogP contribution in [-0.2, 0) is 4.79 Å². The normalized spacial score (nSPS) is 13.3. The number of hydrogen-bond acceptors (Lipinski definition) is 3. The van der Waals surface area contributed by atoms with Gasteiger partial charge in [-0.15, -0.1) is 0 Å². The summed E-state index contributed by atoms with van der Waals surface area (Å²) in [5, 5.41) is 3.12. The molecule has 2 aromatic carbocycles. The summed E-state index contributed by atoms with van der Waals surface area (Å²) in [7, 11) is 1.70. The lowest BCUT2D eigenvalue weighted by atomic mass is 9.93. The Morgan fingerprint density at radius 3 is 2.03 bits per heavy atom. The maximum absolute atomic E-state index is 12.9. The average Bonchev–Trinajstić information content (AvgIpc) is 2.66. The maximum atomic E-state index is 12.9. The van der Waals surface area contributed by atoms with Gasteiger partial charge >= 0.3 is 0 Å². The number of rotatable bonds is 8. The van der Waals surface area contributed by atoms with E-state index < -0.39 is 6.10 Å². The van der Waals surface area contributed by atoms with E-state index in [4.69, 9.17) is 9.47 Å². The molecule has 0 bridgehead atoms. The highest BCUT2D eigenvalue weighted by molar-refractivity contribution is 5.81. The van der Waals surface area contributed by atoms with E-state index >= 15 is 0 Å². The Kier molecular flexibility index (Phi) is 7.94. The van der Waals surface area contributed by atoms with Gasteiger partial charge in [0.15, 0.2) is 6.10 Å². The van der Waals surface area contributed by atoms with E-state index in [1.54, 1.807) is 14.0 Å². The van der Waals surface area contributed by atoms with E-state index in [-0.39, 0.29) is 11.9 Å². The SMILES string of the molecule is COc1cc(C)c([C@H](C)NC(=O)[C@H](C)Oc2cc(C)ccc2C(C)C)cc1C(C)C. The first-order chi connectivity index (χ1) is 14.0. The van der Waals surface area contributed by atoms with Crippen LogP contribution in [0.3, 0.4) is 0 Å². The molecule has 0 saturated heterocycles. The first-order valence-corrected chi connectivity index (χ1v) is 10.8. The van der Waals surface area contributed by atoms with Crippen LogP contribution < -0.4 is 14.8 Å². The smallest absolute Gasteiger partial charge is 0.261 e. The molecule has 1 N–H and O–H groups in total. The van der Waals surface area contributed by atoms with E-state index in [2.05, 4.69) is 57.3 Å². The number of methoxy groups -OCH3 is 1. The van der Waals surface area contributed by atoms with Gasteiger partial charge in [0.1, 0.15) is 11.5 Å². The van der Waals surface area contributed by atoms with Crippen LogP contribution in [0.4, 0.5) is 0 Å². The molecule has 4 nitrogen and oxygen atoms in total. The zero-order valence-corrected chi connectivity index (χ0v) is 19.9. The van der Waals surface area contributed by atoms with Gasteiger partial charge in [0.25, 0.3) is 5.91 Å². The summed E-state index contributed by atoms with van der Waals surface area (Å²) in [6.07, 6.45) is -0.588. The van der Waals surface area contributed by atoms with Crippen LogP contribution in [0.2, 0.25) is 0 Å². The van der Waals surface area contributed by atoms with Gasteiger partial charge in [-0.05, 0) is 85.5 Å². The third-order valence-corrected chi connectivity index (χ3v) is 5.53. The number of hydrogen-bond donors (Lipinski definition) is 1. The molecule has 0 spiro atoms. The van der Waals surface area contributed by atoms with Gasteiger partial charge < -0.3 is 14.8 Å². The number of aryl methyl sites for hydroxylation is 2. The van der Waals surface area contributed by atoms with Crippen LogP contribution in [0, 0.1) is 13.8 Å². The average molecular weight is 412 g/mol. The minimum atomic E-state index is -0.588. The molecule has 2 atom stereocenters. The van der Waals surface area contributed by atoms with Gasteiger partial charge in [-0.3, -0.25) is 4.79 Å². The highest BCUT2D eigenvalue weighted by atomic mass is 16.5. The van der Waals surface area contributed by atoms with Gasteiger partial charge in [0.05, 0.1) is 13.2 Å². The molecule has 4 heteroatoms. The Morgan fingerprint density at radius 2 is 1.47 bits per heavy atom. The van der Waals surface area contributed by atoms with Gasteiger partial charge in [-0.2, -0.15) is 0 Å². The molecule has 0 radical (unpaired) electrons. The van der Waals surface area contributed by atoms with E-state index in [0.29, 0.717) is 11.8 Å². The zero-order chi connectivity index (χ0) is 22.6. The first kappa shape index (κ1) is 23.8. The summed E-state index contributed by atoms with van der Waals surface area (Å²) in [6.45, 7) is 16.4. The largest absolute Gasteiger partial charge is 0.496 e. The second-order valence-corrected chi connectivity index (χ2v) is 8.79. The second-order valence-electron chi connectivity index (χ2n) is 8.79. The topological polar surface area (TPSA) is 47.6 Å². The summed E-state index contributed by atoms with van der Waals surface area (Å²) in [6, 6.07) is 10.2. The van der Waals surface area contributed by atoms with Crippen molar-refractivity contribution >= 4 is 5.91 Å². The minimum Gasteiger partial charge on any atom is -0.496 e. The second kappa shape index (κ2) is 10.0. The highest BCUT2D eigenvalue weighted by Gasteiger charge is 2.22. The predicted octanol–water partition coefficient (Wildman–Crippen LogP) is 6.20. The summed E-state index contributed by atoms with van der Waals surface area (Å²) in [5.74, 6) is 2.21. The fraction of sp³-hybridized carbons (Fsp3) is 0.500. The van der Waals surface area contributed by atoms with Crippen molar-refractivity contribution in [2.75, 3.05) is 7.11 Å².